The molecule has 0 fully saturated rings. The first kappa shape index (κ1) is 10.8. The van der Waals surface area contributed by atoms with Crippen LogP contribution in [-0.4, -0.2) is 0 Å². The van der Waals surface area contributed by atoms with Crippen LogP contribution < -0.4 is 0 Å². The molecule has 5 heteroatoms. The van der Waals surface area contributed by atoms with Crippen LogP contribution in [0.15, 0.2) is 21.1 Å². The molecule has 66 valence electrons. The summed E-state index contributed by atoms with van der Waals surface area (Å²) in [5, 5.41) is 0. The number of hydrogen-bond acceptors (Lipinski definition) is 0. The van der Waals surface area contributed by atoms with Gasteiger partial charge in [0, 0.05) is 18.1 Å². The lowest BCUT2D eigenvalue weighted by Crippen LogP contribution is -1.89. The Kier molecular flexibility index (Phi) is 3.91. The lowest BCUT2D eigenvalue weighted by Gasteiger charge is -2.06. The standard InChI is InChI=1S/C7H3Br2F2I/c8-4-1-3(12)2-5(9)6(4)7(10)11/h1-2,7H. The van der Waals surface area contributed by atoms with Crippen LogP contribution in [0.2, 0.25) is 0 Å². The maximum Gasteiger partial charge on any atom is 0.266 e. The molecule has 12 heavy (non-hydrogen) atoms. The van der Waals surface area contributed by atoms with Gasteiger partial charge < -0.3 is 0 Å². The zero-order valence-electron chi connectivity index (χ0n) is 5.62. The van der Waals surface area contributed by atoms with Gasteiger partial charge in [-0.2, -0.15) is 0 Å². The van der Waals surface area contributed by atoms with Crippen molar-refractivity contribution in [2.75, 3.05) is 0 Å². The quantitative estimate of drug-likeness (QED) is 0.585. The summed E-state index contributed by atoms with van der Waals surface area (Å²) in [7, 11) is 0. The summed E-state index contributed by atoms with van der Waals surface area (Å²) in [6, 6.07) is 3.32. The smallest absolute Gasteiger partial charge is 0.205 e. The molecule has 0 heterocycles. The maximum atomic E-state index is 12.4. The molecule has 1 aromatic rings. The summed E-state index contributed by atoms with van der Waals surface area (Å²) in [5.41, 5.74) is 0.00964. The highest BCUT2D eigenvalue weighted by Gasteiger charge is 2.15. The highest BCUT2D eigenvalue weighted by atomic mass is 127. The van der Waals surface area contributed by atoms with Gasteiger partial charge in [0.2, 0.25) is 0 Å². The molecule has 0 nitrogen and oxygen atoms in total. The number of benzene rings is 1. The van der Waals surface area contributed by atoms with E-state index in [0.717, 1.165) is 3.57 Å². The topological polar surface area (TPSA) is 0 Å². The van der Waals surface area contributed by atoms with Gasteiger partial charge in [-0.15, -0.1) is 0 Å². The van der Waals surface area contributed by atoms with Crippen LogP contribution in [0.4, 0.5) is 8.78 Å². The summed E-state index contributed by atoms with van der Waals surface area (Å²) in [5.74, 6) is 0. The van der Waals surface area contributed by atoms with E-state index in [9.17, 15) is 8.78 Å². The minimum absolute atomic E-state index is 0.00964. The molecule has 0 aliphatic carbocycles. The predicted molar refractivity (Wildman–Crippen MR) is 59.5 cm³/mol. The van der Waals surface area contributed by atoms with Crippen molar-refractivity contribution in [2.24, 2.45) is 0 Å². The molecule has 0 spiro atoms. The van der Waals surface area contributed by atoms with Crippen molar-refractivity contribution in [3.63, 3.8) is 0 Å². The van der Waals surface area contributed by atoms with Crippen molar-refractivity contribution in [3.05, 3.63) is 30.2 Å². The molecule has 0 saturated carbocycles. The van der Waals surface area contributed by atoms with Crippen molar-refractivity contribution in [3.8, 4) is 0 Å². The minimum atomic E-state index is -2.45. The fraction of sp³-hybridized carbons (Fsp3) is 0.143. The van der Waals surface area contributed by atoms with Crippen molar-refractivity contribution in [1.29, 1.82) is 0 Å². The Bertz CT molecular complexity index is 278. The van der Waals surface area contributed by atoms with E-state index in [1.807, 2.05) is 0 Å². The molecule has 0 bridgehead atoms. The third-order valence-electron chi connectivity index (χ3n) is 1.26. The van der Waals surface area contributed by atoms with Gasteiger partial charge in [0.25, 0.3) is 6.43 Å². The van der Waals surface area contributed by atoms with Crippen molar-refractivity contribution in [2.45, 2.75) is 6.43 Å². The summed E-state index contributed by atoms with van der Waals surface area (Å²) in [4.78, 5) is 0. The molecule has 0 aliphatic heterocycles. The zero-order chi connectivity index (χ0) is 9.30. The highest BCUT2D eigenvalue weighted by molar-refractivity contribution is 14.1. The molecular weight excluding hydrogens is 409 g/mol. The van der Waals surface area contributed by atoms with Crippen LogP contribution in [0.5, 0.6) is 0 Å². The third-order valence-corrected chi connectivity index (χ3v) is 3.20. The van der Waals surface area contributed by atoms with Crippen molar-refractivity contribution in [1.82, 2.24) is 0 Å². The van der Waals surface area contributed by atoms with E-state index in [0.29, 0.717) is 8.95 Å². The maximum absolute atomic E-state index is 12.4. The molecule has 0 unspecified atom stereocenters. The van der Waals surface area contributed by atoms with Crippen LogP contribution >= 0.6 is 54.5 Å². The van der Waals surface area contributed by atoms with E-state index in [1.54, 1.807) is 12.1 Å². The van der Waals surface area contributed by atoms with Gasteiger partial charge in [-0.05, 0) is 34.7 Å². The Morgan fingerprint density at radius 1 is 1.17 bits per heavy atom. The lowest BCUT2D eigenvalue weighted by atomic mass is 10.2. The Morgan fingerprint density at radius 2 is 1.58 bits per heavy atom. The summed E-state index contributed by atoms with van der Waals surface area (Å²) in [6.45, 7) is 0. The SMILES string of the molecule is FC(F)c1c(Br)cc(I)cc1Br. The zero-order valence-corrected chi connectivity index (χ0v) is 11.0. The van der Waals surface area contributed by atoms with Crippen LogP contribution in [0.1, 0.15) is 12.0 Å². The van der Waals surface area contributed by atoms with Crippen LogP contribution in [0.3, 0.4) is 0 Å². The Hall–Kier alpha value is 0.770. The molecule has 0 aliphatic rings. The Balaban J connectivity index is 3.28. The minimum Gasteiger partial charge on any atom is -0.205 e. The molecule has 0 radical (unpaired) electrons. The summed E-state index contributed by atoms with van der Waals surface area (Å²) >= 11 is 8.23. The van der Waals surface area contributed by atoms with Gasteiger partial charge in [0.15, 0.2) is 0 Å². The molecule has 0 saturated heterocycles. The first-order chi connectivity index (χ1) is 5.52. The summed E-state index contributed by atoms with van der Waals surface area (Å²) in [6.07, 6.45) is -2.45. The van der Waals surface area contributed by atoms with Gasteiger partial charge in [-0.1, -0.05) is 31.9 Å². The first-order valence-corrected chi connectivity index (χ1v) is 5.61. The Labute approximate surface area is 99.1 Å². The number of rotatable bonds is 1. The Morgan fingerprint density at radius 3 is 1.92 bits per heavy atom. The van der Waals surface area contributed by atoms with Gasteiger partial charge in [0.1, 0.15) is 0 Å². The number of halogens is 5. The van der Waals surface area contributed by atoms with E-state index in [4.69, 9.17) is 0 Å². The van der Waals surface area contributed by atoms with Crippen LogP contribution in [-0.2, 0) is 0 Å². The van der Waals surface area contributed by atoms with Gasteiger partial charge in [0.05, 0.1) is 0 Å². The monoisotopic (exact) mass is 410 g/mol. The van der Waals surface area contributed by atoms with Crippen molar-refractivity contribution >= 4 is 54.5 Å². The normalized spacial score (nSPS) is 10.8. The number of alkyl halides is 2. The average Bonchev–Trinajstić information content (AvgIpc) is 1.82. The van der Waals surface area contributed by atoms with E-state index < -0.39 is 6.43 Å². The second-order valence-electron chi connectivity index (χ2n) is 2.08. The highest BCUT2D eigenvalue weighted by Crippen LogP contribution is 2.35. The van der Waals surface area contributed by atoms with Gasteiger partial charge in [-0.3, -0.25) is 0 Å². The van der Waals surface area contributed by atoms with Crippen LogP contribution in [0.25, 0.3) is 0 Å². The van der Waals surface area contributed by atoms with Gasteiger partial charge >= 0.3 is 0 Å². The average molecular weight is 412 g/mol. The van der Waals surface area contributed by atoms with Crippen molar-refractivity contribution < 1.29 is 8.78 Å². The largest absolute Gasteiger partial charge is 0.266 e. The molecule has 0 atom stereocenters. The molecule has 1 rings (SSSR count). The molecular formula is C7H3Br2F2I. The van der Waals surface area contributed by atoms with E-state index in [2.05, 4.69) is 54.5 Å². The molecule has 1 aromatic carbocycles. The third kappa shape index (κ3) is 2.38. The lowest BCUT2D eigenvalue weighted by molar-refractivity contribution is 0.149. The first-order valence-electron chi connectivity index (χ1n) is 2.95. The van der Waals surface area contributed by atoms with Gasteiger partial charge in [-0.25, -0.2) is 8.78 Å². The fourth-order valence-electron chi connectivity index (χ4n) is 0.762. The fourth-order valence-corrected chi connectivity index (χ4v) is 3.77. The molecule has 0 amide bonds. The second kappa shape index (κ2) is 4.32. The number of hydrogen-bond donors (Lipinski definition) is 0. The summed E-state index contributed by atoms with van der Waals surface area (Å²) < 4.78 is 26.5. The second-order valence-corrected chi connectivity index (χ2v) is 5.04. The molecule has 0 N–H and O–H groups in total. The van der Waals surface area contributed by atoms with E-state index in [-0.39, 0.29) is 5.56 Å². The predicted octanol–water partition coefficient (Wildman–Crippen LogP) is 4.75. The molecule has 0 aromatic heterocycles. The van der Waals surface area contributed by atoms with E-state index in [1.165, 1.54) is 0 Å². The van der Waals surface area contributed by atoms with Crippen LogP contribution in [0, 0.1) is 3.57 Å². The van der Waals surface area contributed by atoms with E-state index >= 15 is 0 Å².